The second kappa shape index (κ2) is 8.61. The van der Waals surface area contributed by atoms with E-state index >= 15 is 0 Å². The molecule has 0 aliphatic carbocycles. The summed E-state index contributed by atoms with van der Waals surface area (Å²) in [6.45, 7) is 10.9. The van der Waals surface area contributed by atoms with Crippen LogP contribution in [0.2, 0.25) is 0 Å². The maximum atomic E-state index is 13.1. The Morgan fingerprint density at radius 3 is 2.12 bits per heavy atom. The third-order valence-corrected chi connectivity index (χ3v) is 4.95. The number of rotatable bonds is 2. The summed E-state index contributed by atoms with van der Waals surface area (Å²) in [5.41, 5.74) is -1.07. The Bertz CT molecular complexity index is 884. The number of esters is 1. The molecule has 0 bridgehead atoms. The molecule has 0 saturated carbocycles. The lowest BCUT2D eigenvalue weighted by Gasteiger charge is -2.32. The standard InChI is InChI=1S/C23H31NO8/c1-22(2,3)31-20(26)24(21(27)32-23(4,5)6)15-9-8-14-13-10-11-29-16(13)12-30-18(14)17(15)19(25)28-7/h8-9,13,16H,10-12H2,1-7H3. The predicted octanol–water partition coefficient (Wildman–Crippen LogP) is 4.41. The quantitative estimate of drug-likeness (QED) is 0.483. The number of carbonyl (C=O) groups is 3. The van der Waals surface area contributed by atoms with Gasteiger partial charge in [0.05, 0.1) is 18.9 Å². The highest BCUT2D eigenvalue weighted by Gasteiger charge is 2.42. The number of amides is 2. The number of imide groups is 1. The van der Waals surface area contributed by atoms with E-state index in [0.717, 1.165) is 12.0 Å². The first-order valence-corrected chi connectivity index (χ1v) is 10.6. The number of ether oxygens (including phenoxy) is 5. The SMILES string of the molecule is COC(=O)c1c(N(C(=O)OC(C)(C)C)C(=O)OC(C)(C)C)ccc2c1OCC1OCCC21. The molecule has 2 unspecified atom stereocenters. The maximum absolute atomic E-state index is 13.1. The Morgan fingerprint density at radius 1 is 1.00 bits per heavy atom. The van der Waals surface area contributed by atoms with Gasteiger partial charge in [-0.15, -0.1) is 0 Å². The molecule has 2 aliphatic rings. The van der Waals surface area contributed by atoms with Crippen molar-refractivity contribution >= 4 is 23.8 Å². The normalized spacial score (nSPS) is 19.8. The summed E-state index contributed by atoms with van der Waals surface area (Å²) in [5, 5.41) is 0. The Balaban J connectivity index is 2.15. The van der Waals surface area contributed by atoms with Gasteiger partial charge in [0.25, 0.3) is 0 Å². The summed E-state index contributed by atoms with van der Waals surface area (Å²) in [6, 6.07) is 3.26. The molecular formula is C23H31NO8. The van der Waals surface area contributed by atoms with E-state index in [1.54, 1.807) is 47.6 Å². The first kappa shape index (κ1) is 23.8. The van der Waals surface area contributed by atoms with Crippen LogP contribution in [0.4, 0.5) is 15.3 Å². The lowest BCUT2D eigenvalue weighted by atomic mass is 9.88. The number of hydrogen-bond donors (Lipinski definition) is 0. The number of benzene rings is 1. The van der Waals surface area contributed by atoms with Crippen molar-refractivity contribution in [2.45, 2.75) is 71.2 Å². The molecule has 0 radical (unpaired) electrons. The van der Waals surface area contributed by atoms with Gasteiger partial charge in [-0.25, -0.2) is 14.4 Å². The van der Waals surface area contributed by atoms with Crippen LogP contribution in [0.3, 0.4) is 0 Å². The highest BCUT2D eigenvalue weighted by Crippen LogP contribution is 2.45. The molecule has 2 amide bonds. The molecule has 2 aliphatic heterocycles. The van der Waals surface area contributed by atoms with Crippen LogP contribution in [-0.2, 0) is 18.9 Å². The minimum Gasteiger partial charge on any atom is -0.490 e. The first-order valence-electron chi connectivity index (χ1n) is 10.6. The van der Waals surface area contributed by atoms with Crippen molar-refractivity contribution in [3.8, 4) is 5.75 Å². The van der Waals surface area contributed by atoms with Gasteiger partial charge < -0.3 is 23.7 Å². The van der Waals surface area contributed by atoms with Gasteiger partial charge in [0.2, 0.25) is 0 Å². The Kier molecular flexibility index (Phi) is 6.42. The monoisotopic (exact) mass is 449 g/mol. The summed E-state index contributed by atoms with van der Waals surface area (Å²) in [4.78, 5) is 39.7. The van der Waals surface area contributed by atoms with Crippen LogP contribution in [0.1, 0.15) is 69.8 Å². The molecule has 0 spiro atoms. The molecule has 0 N–H and O–H groups in total. The van der Waals surface area contributed by atoms with E-state index in [1.165, 1.54) is 13.2 Å². The predicted molar refractivity (Wildman–Crippen MR) is 115 cm³/mol. The van der Waals surface area contributed by atoms with E-state index in [2.05, 4.69) is 0 Å². The summed E-state index contributed by atoms with van der Waals surface area (Å²) in [6.07, 6.45) is -1.28. The van der Waals surface area contributed by atoms with Crippen LogP contribution in [0, 0.1) is 0 Å². The molecule has 9 nitrogen and oxygen atoms in total. The molecule has 1 saturated heterocycles. The van der Waals surface area contributed by atoms with E-state index in [-0.39, 0.29) is 35.6 Å². The average Bonchev–Trinajstić information content (AvgIpc) is 3.13. The second-order valence-electron chi connectivity index (χ2n) is 9.78. The van der Waals surface area contributed by atoms with E-state index < -0.39 is 29.4 Å². The molecule has 1 aromatic rings. The lowest BCUT2D eigenvalue weighted by Crippen LogP contribution is -2.44. The van der Waals surface area contributed by atoms with Crippen molar-refractivity contribution in [3.05, 3.63) is 23.3 Å². The Hall–Kier alpha value is -2.81. The van der Waals surface area contributed by atoms with Gasteiger partial charge in [0.15, 0.2) is 0 Å². The molecule has 1 aromatic carbocycles. The van der Waals surface area contributed by atoms with Crippen LogP contribution in [-0.4, -0.2) is 55.8 Å². The van der Waals surface area contributed by atoms with Crippen molar-refractivity contribution in [1.82, 2.24) is 0 Å². The third kappa shape index (κ3) is 4.98. The number of fused-ring (bicyclic) bond motifs is 3. The first-order chi connectivity index (χ1) is 14.8. The molecule has 176 valence electrons. The number of methoxy groups -OCH3 is 1. The molecule has 0 aromatic heterocycles. The van der Waals surface area contributed by atoms with Crippen LogP contribution < -0.4 is 9.64 Å². The van der Waals surface area contributed by atoms with Gasteiger partial charge in [0, 0.05) is 18.1 Å². The Labute approximate surface area is 187 Å². The summed E-state index contributed by atoms with van der Waals surface area (Å²) < 4.78 is 27.5. The minimum absolute atomic E-state index is 0.0311. The van der Waals surface area contributed by atoms with Gasteiger partial charge >= 0.3 is 18.2 Å². The highest BCUT2D eigenvalue weighted by molar-refractivity contribution is 6.14. The third-order valence-electron chi connectivity index (χ3n) is 4.95. The van der Waals surface area contributed by atoms with Crippen molar-refractivity contribution in [3.63, 3.8) is 0 Å². The highest BCUT2D eigenvalue weighted by atomic mass is 16.6. The molecule has 2 atom stereocenters. The molecule has 32 heavy (non-hydrogen) atoms. The van der Waals surface area contributed by atoms with Crippen LogP contribution in [0.5, 0.6) is 5.75 Å². The maximum Gasteiger partial charge on any atom is 0.424 e. The fourth-order valence-corrected chi connectivity index (χ4v) is 3.74. The molecule has 1 fully saturated rings. The Morgan fingerprint density at radius 2 is 1.59 bits per heavy atom. The van der Waals surface area contributed by atoms with Gasteiger partial charge in [-0.1, -0.05) is 6.07 Å². The van der Waals surface area contributed by atoms with Crippen LogP contribution >= 0.6 is 0 Å². The minimum atomic E-state index is -0.977. The molecule has 9 heteroatoms. The number of carbonyl (C=O) groups excluding carboxylic acids is 3. The molecule has 3 rings (SSSR count). The average molecular weight is 450 g/mol. The van der Waals surface area contributed by atoms with E-state index in [4.69, 9.17) is 23.7 Å². The van der Waals surface area contributed by atoms with Crippen molar-refractivity contribution < 1.29 is 38.1 Å². The zero-order chi connectivity index (χ0) is 23.8. The van der Waals surface area contributed by atoms with Crippen LogP contribution in [0.15, 0.2) is 12.1 Å². The zero-order valence-corrected chi connectivity index (χ0v) is 19.6. The largest absolute Gasteiger partial charge is 0.490 e. The smallest absolute Gasteiger partial charge is 0.424 e. The second-order valence-corrected chi connectivity index (χ2v) is 9.78. The number of hydrogen-bond acceptors (Lipinski definition) is 8. The van der Waals surface area contributed by atoms with Gasteiger partial charge in [-0.3, -0.25) is 0 Å². The fraction of sp³-hybridized carbons (Fsp3) is 0.609. The van der Waals surface area contributed by atoms with Crippen molar-refractivity contribution in [2.75, 3.05) is 25.2 Å². The van der Waals surface area contributed by atoms with Crippen molar-refractivity contribution in [1.29, 1.82) is 0 Å². The molecular weight excluding hydrogens is 418 g/mol. The zero-order valence-electron chi connectivity index (χ0n) is 19.6. The number of anilines is 1. The summed E-state index contributed by atoms with van der Waals surface area (Å²) >= 11 is 0. The summed E-state index contributed by atoms with van der Waals surface area (Å²) in [7, 11) is 1.22. The van der Waals surface area contributed by atoms with Gasteiger partial charge in [0.1, 0.15) is 29.1 Å². The lowest BCUT2D eigenvalue weighted by molar-refractivity contribution is 0.0426. The topological polar surface area (TPSA) is 101 Å². The van der Waals surface area contributed by atoms with E-state index in [9.17, 15) is 14.4 Å². The van der Waals surface area contributed by atoms with Crippen LogP contribution in [0.25, 0.3) is 0 Å². The fourth-order valence-electron chi connectivity index (χ4n) is 3.74. The van der Waals surface area contributed by atoms with Crippen molar-refractivity contribution in [2.24, 2.45) is 0 Å². The van der Waals surface area contributed by atoms with Gasteiger partial charge in [-0.05, 0) is 54.0 Å². The number of nitrogens with zero attached hydrogens (tertiary/aromatic N) is 1. The summed E-state index contributed by atoms with van der Waals surface area (Å²) in [5.74, 6) is -0.419. The van der Waals surface area contributed by atoms with Gasteiger partial charge in [-0.2, -0.15) is 4.90 Å². The molecule has 2 heterocycles. The van der Waals surface area contributed by atoms with E-state index in [0.29, 0.717) is 11.5 Å². The van der Waals surface area contributed by atoms with E-state index in [1.807, 2.05) is 0 Å².